The third kappa shape index (κ3) is 5.19. The first-order valence-corrected chi connectivity index (χ1v) is 9.36. The average Bonchev–Trinajstić information content (AvgIpc) is 2.16. The van der Waals surface area contributed by atoms with Gasteiger partial charge in [0.2, 0.25) is 0 Å². The molecular weight excluding hydrogens is 184 g/mol. The lowest BCUT2D eigenvalue weighted by Gasteiger charge is -2.31. The normalized spacial score (nSPS) is 12.0. The molecule has 0 N–H and O–H groups in total. The van der Waals surface area contributed by atoms with E-state index in [4.69, 9.17) is 0 Å². The van der Waals surface area contributed by atoms with Gasteiger partial charge in [-0.2, -0.15) is 0 Å². The molecule has 14 heavy (non-hydrogen) atoms. The fourth-order valence-corrected chi connectivity index (χ4v) is 8.52. The summed E-state index contributed by atoms with van der Waals surface area (Å²) in [7, 11) is -0.856. The van der Waals surface area contributed by atoms with E-state index < -0.39 is 8.07 Å². The molecular formula is C13H29Si. The third-order valence-corrected chi connectivity index (χ3v) is 9.39. The van der Waals surface area contributed by atoms with Crippen molar-refractivity contribution in [3.8, 4) is 0 Å². The monoisotopic (exact) mass is 213 g/mol. The van der Waals surface area contributed by atoms with E-state index in [0.29, 0.717) is 0 Å². The second kappa shape index (κ2) is 8.52. The zero-order valence-corrected chi connectivity index (χ0v) is 11.6. The minimum atomic E-state index is -0.856. The summed E-state index contributed by atoms with van der Waals surface area (Å²) in [5.41, 5.74) is 0. The highest BCUT2D eigenvalue weighted by molar-refractivity contribution is 6.79. The fraction of sp³-hybridized carbons (Fsp3) is 0.923. The molecule has 0 amide bonds. The number of hydrogen-bond acceptors (Lipinski definition) is 0. The van der Waals surface area contributed by atoms with Crippen molar-refractivity contribution in [2.45, 2.75) is 77.1 Å². The van der Waals surface area contributed by atoms with E-state index in [0.717, 1.165) is 6.42 Å². The first kappa shape index (κ1) is 14.2. The van der Waals surface area contributed by atoms with Crippen LogP contribution in [-0.2, 0) is 0 Å². The summed E-state index contributed by atoms with van der Waals surface area (Å²) in [4.78, 5) is 0. The van der Waals surface area contributed by atoms with Gasteiger partial charge in [0.25, 0.3) is 0 Å². The Balaban J connectivity index is 4.21. The van der Waals surface area contributed by atoms with Gasteiger partial charge in [0, 0.05) is 0 Å². The van der Waals surface area contributed by atoms with Crippen LogP contribution in [0.4, 0.5) is 0 Å². The van der Waals surface area contributed by atoms with Crippen molar-refractivity contribution in [2.75, 3.05) is 0 Å². The van der Waals surface area contributed by atoms with Gasteiger partial charge in [-0.05, 0) is 0 Å². The van der Waals surface area contributed by atoms with Crippen molar-refractivity contribution >= 4 is 8.07 Å². The first-order chi connectivity index (χ1) is 6.74. The zero-order chi connectivity index (χ0) is 10.9. The second-order valence-corrected chi connectivity index (χ2v) is 9.71. The van der Waals surface area contributed by atoms with E-state index in [9.17, 15) is 0 Å². The van der Waals surface area contributed by atoms with Gasteiger partial charge in [-0.15, -0.1) is 0 Å². The smallest absolute Gasteiger partial charge is 0.0535 e. The average molecular weight is 213 g/mol. The number of rotatable bonds is 9. The molecule has 0 aliphatic carbocycles. The molecule has 0 nitrogen and oxygen atoms in total. The Kier molecular flexibility index (Phi) is 8.65. The summed E-state index contributed by atoms with van der Waals surface area (Å²) in [6.07, 6.45) is 6.74. The van der Waals surface area contributed by atoms with Crippen molar-refractivity contribution in [3.05, 3.63) is 6.92 Å². The molecule has 85 valence electrons. The highest BCUT2D eigenvalue weighted by Gasteiger charge is 2.28. The number of hydrogen-bond donors (Lipinski definition) is 0. The Morgan fingerprint density at radius 3 is 1.50 bits per heavy atom. The van der Waals surface area contributed by atoms with Crippen LogP contribution in [0.2, 0.25) is 24.2 Å². The molecule has 0 saturated carbocycles. The lowest BCUT2D eigenvalue weighted by atomic mass is 10.4. The van der Waals surface area contributed by atoms with Gasteiger partial charge in [-0.3, -0.25) is 0 Å². The van der Waals surface area contributed by atoms with Crippen molar-refractivity contribution < 1.29 is 0 Å². The minimum absolute atomic E-state index is 0.856. The van der Waals surface area contributed by atoms with Gasteiger partial charge >= 0.3 is 0 Å². The third-order valence-electron chi connectivity index (χ3n) is 3.30. The Morgan fingerprint density at radius 1 is 0.786 bits per heavy atom. The highest BCUT2D eigenvalue weighted by atomic mass is 28.3. The molecule has 0 bridgehead atoms. The molecule has 0 aliphatic rings. The maximum atomic E-state index is 3.99. The highest BCUT2D eigenvalue weighted by Crippen LogP contribution is 2.31. The maximum absolute atomic E-state index is 3.99. The molecule has 0 aromatic carbocycles. The first-order valence-electron chi connectivity index (χ1n) is 6.54. The van der Waals surface area contributed by atoms with Crippen molar-refractivity contribution in [2.24, 2.45) is 0 Å². The standard InChI is InChI=1S/C13H29Si/c1-5-9-13-14(10-6-2,11-7-3)12-8-4/h1,5-13H2,2-4H3. The van der Waals surface area contributed by atoms with Crippen molar-refractivity contribution in [3.63, 3.8) is 0 Å². The molecule has 0 aromatic rings. The van der Waals surface area contributed by atoms with E-state index in [-0.39, 0.29) is 0 Å². The molecule has 1 radical (unpaired) electrons. The Bertz CT molecular complexity index is 103. The van der Waals surface area contributed by atoms with Crippen LogP contribution < -0.4 is 0 Å². The lowest BCUT2D eigenvalue weighted by Crippen LogP contribution is -2.33. The van der Waals surface area contributed by atoms with Crippen LogP contribution in [0.25, 0.3) is 0 Å². The predicted molar refractivity (Wildman–Crippen MR) is 70.4 cm³/mol. The van der Waals surface area contributed by atoms with Gasteiger partial charge < -0.3 is 0 Å². The zero-order valence-electron chi connectivity index (χ0n) is 10.6. The SMILES string of the molecule is [CH2]CCC[Si](CCC)(CCC)CCC. The number of unbranched alkanes of at least 4 members (excludes halogenated alkanes) is 1. The van der Waals surface area contributed by atoms with Gasteiger partial charge in [-0.25, -0.2) is 0 Å². The topological polar surface area (TPSA) is 0 Å². The quantitative estimate of drug-likeness (QED) is 0.457. The maximum Gasteiger partial charge on any atom is 0.0535 e. The van der Waals surface area contributed by atoms with Crippen LogP contribution in [0.5, 0.6) is 0 Å². The largest absolute Gasteiger partial charge is 0.0657 e. The summed E-state index contributed by atoms with van der Waals surface area (Å²) >= 11 is 0. The van der Waals surface area contributed by atoms with Crippen LogP contribution in [0, 0.1) is 6.92 Å². The molecule has 0 atom stereocenters. The fourth-order valence-electron chi connectivity index (χ4n) is 2.84. The second-order valence-electron chi connectivity index (χ2n) is 4.71. The van der Waals surface area contributed by atoms with Gasteiger partial charge in [0.05, 0.1) is 8.07 Å². The van der Waals surface area contributed by atoms with Crippen molar-refractivity contribution in [1.29, 1.82) is 0 Å². The van der Waals surface area contributed by atoms with Crippen LogP contribution in [0.1, 0.15) is 52.9 Å². The molecule has 0 spiro atoms. The molecule has 0 heterocycles. The molecule has 0 rings (SSSR count). The van der Waals surface area contributed by atoms with E-state index in [1.165, 1.54) is 25.7 Å². The minimum Gasteiger partial charge on any atom is -0.0657 e. The van der Waals surface area contributed by atoms with E-state index >= 15 is 0 Å². The molecule has 0 aromatic heterocycles. The molecule has 1 heteroatoms. The Labute approximate surface area is 92.5 Å². The summed E-state index contributed by atoms with van der Waals surface area (Å²) in [6, 6.07) is 6.24. The molecule has 0 unspecified atom stereocenters. The lowest BCUT2D eigenvalue weighted by molar-refractivity contribution is 0.851. The summed E-state index contributed by atoms with van der Waals surface area (Å²) in [5, 5.41) is 0. The van der Waals surface area contributed by atoms with E-state index in [1.54, 1.807) is 24.2 Å². The summed E-state index contributed by atoms with van der Waals surface area (Å²) in [5.74, 6) is 0. The van der Waals surface area contributed by atoms with Crippen LogP contribution in [0.15, 0.2) is 0 Å². The van der Waals surface area contributed by atoms with Gasteiger partial charge in [0.15, 0.2) is 0 Å². The van der Waals surface area contributed by atoms with E-state index in [1.807, 2.05) is 0 Å². The Morgan fingerprint density at radius 2 is 1.21 bits per heavy atom. The van der Waals surface area contributed by atoms with Crippen LogP contribution in [0.3, 0.4) is 0 Å². The molecule has 0 saturated heterocycles. The van der Waals surface area contributed by atoms with Crippen molar-refractivity contribution in [1.82, 2.24) is 0 Å². The van der Waals surface area contributed by atoms with Gasteiger partial charge in [-0.1, -0.05) is 84.0 Å². The van der Waals surface area contributed by atoms with E-state index in [2.05, 4.69) is 27.7 Å². The molecule has 0 aliphatic heterocycles. The molecule has 0 fully saturated rings. The summed E-state index contributed by atoms with van der Waals surface area (Å²) in [6.45, 7) is 11.1. The predicted octanol–water partition coefficient (Wildman–Crippen LogP) is 5.28. The van der Waals surface area contributed by atoms with Gasteiger partial charge in [0.1, 0.15) is 0 Å². The summed E-state index contributed by atoms with van der Waals surface area (Å²) < 4.78 is 0. The van der Waals surface area contributed by atoms with Crippen LogP contribution in [-0.4, -0.2) is 8.07 Å². The van der Waals surface area contributed by atoms with Crippen LogP contribution >= 0.6 is 0 Å². The Hall–Kier alpha value is 0.217.